The van der Waals surface area contributed by atoms with Crippen molar-refractivity contribution in [1.82, 2.24) is 20.2 Å². The summed E-state index contributed by atoms with van der Waals surface area (Å²) < 4.78 is 32.5. The van der Waals surface area contributed by atoms with Crippen molar-refractivity contribution in [3.8, 4) is 11.6 Å². The standard InChI is InChI=1S/C33H43FN4O6/c1-17(2)29-32(40)38-16-28(23(15-34)30(38)18(3)39)43-31-25(35-24-11-10-20(42-4)14-26(24)36-31)9-7-5-6-8-21-22-12-19(22)13-27(21)44-33(41)37-29/h10-11,14,17,19,21-23,27-30H,5-9,12-13,15-16H2,1-4H3,(H,37,41)/t19?,21-,22+,23-,27-,28+,29+,30-/m1/s1. The molecule has 2 amide bonds. The number of rotatable bonds is 4. The van der Waals surface area contributed by atoms with E-state index in [0.29, 0.717) is 46.7 Å². The first-order valence-electron chi connectivity index (χ1n) is 16.0. The summed E-state index contributed by atoms with van der Waals surface area (Å²) in [7, 11) is 1.58. The quantitative estimate of drug-likeness (QED) is 0.531. The van der Waals surface area contributed by atoms with E-state index in [1.54, 1.807) is 13.2 Å². The second-order valence-electron chi connectivity index (χ2n) is 13.3. The maximum atomic E-state index is 14.7. The summed E-state index contributed by atoms with van der Waals surface area (Å²) in [4.78, 5) is 51.2. The van der Waals surface area contributed by atoms with Gasteiger partial charge in [-0.3, -0.25) is 14.0 Å². The predicted octanol–water partition coefficient (Wildman–Crippen LogP) is 4.66. The Morgan fingerprint density at radius 1 is 1.09 bits per heavy atom. The van der Waals surface area contributed by atoms with Crippen LogP contribution in [0, 0.1) is 29.6 Å². The molecule has 2 saturated carbocycles. The maximum absolute atomic E-state index is 14.7. The van der Waals surface area contributed by atoms with Gasteiger partial charge in [-0.1, -0.05) is 26.7 Å². The number of ether oxygens (including phenoxy) is 3. The normalized spacial score (nSPS) is 32.5. The number of nitrogens with zero attached hydrogens (tertiary/aromatic N) is 3. The number of hydrogen-bond donors (Lipinski definition) is 1. The van der Waals surface area contributed by atoms with Crippen molar-refractivity contribution in [2.75, 3.05) is 20.3 Å². The molecule has 6 rings (SSSR count). The number of aromatic nitrogens is 2. The number of alkyl carbamates (subject to hydrolysis) is 1. The molecular formula is C33H43FN4O6. The molecule has 3 heterocycles. The van der Waals surface area contributed by atoms with E-state index in [0.717, 1.165) is 32.1 Å². The van der Waals surface area contributed by atoms with Crippen molar-refractivity contribution in [3.63, 3.8) is 0 Å². The Kier molecular flexibility index (Phi) is 8.66. The van der Waals surface area contributed by atoms with Gasteiger partial charge in [0.05, 0.1) is 43.3 Å². The molecule has 2 aromatic rings. The minimum absolute atomic E-state index is 0.0249. The van der Waals surface area contributed by atoms with E-state index in [4.69, 9.17) is 24.2 Å². The second-order valence-corrected chi connectivity index (χ2v) is 13.3. The summed E-state index contributed by atoms with van der Waals surface area (Å²) in [6, 6.07) is 3.47. The smallest absolute Gasteiger partial charge is 0.408 e. The monoisotopic (exact) mass is 610 g/mol. The van der Waals surface area contributed by atoms with E-state index in [-0.39, 0.29) is 30.2 Å². The third-order valence-electron chi connectivity index (χ3n) is 10.1. The number of fused-ring (bicyclic) bond motifs is 7. The number of carbonyl (C=O) groups is 3. The maximum Gasteiger partial charge on any atom is 0.408 e. The topological polar surface area (TPSA) is 120 Å². The van der Waals surface area contributed by atoms with Gasteiger partial charge in [0.1, 0.15) is 29.7 Å². The van der Waals surface area contributed by atoms with Crippen molar-refractivity contribution >= 4 is 28.8 Å². The van der Waals surface area contributed by atoms with Crippen molar-refractivity contribution in [2.24, 2.45) is 29.6 Å². The zero-order chi connectivity index (χ0) is 31.1. The molecule has 44 heavy (non-hydrogen) atoms. The first-order valence-corrected chi connectivity index (χ1v) is 16.0. The minimum atomic E-state index is -1.04. The Labute approximate surface area is 257 Å². The van der Waals surface area contributed by atoms with Crippen LogP contribution in [0.1, 0.15) is 65.0 Å². The lowest BCUT2D eigenvalue weighted by Crippen LogP contribution is -2.55. The molecule has 1 N–H and O–H groups in total. The van der Waals surface area contributed by atoms with Crippen LogP contribution in [-0.2, 0) is 20.7 Å². The van der Waals surface area contributed by atoms with Gasteiger partial charge in [0.25, 0.3) is 0 Å². The Balaban J connectivity index is 1.36. The lowest BCUT2D eigenvalue weighted by atomic mass is 9.93. The Morgan fingerprint density at radius 3 is 2.64 bits per heavy atom. The first kappa shape index (κ1) is 30.5. The third kappa shape index (κ3) is 5.94. The summed E-state index contributed by atoms with van der Waals surface area (Å²) in [5.41, 5.74) is 1.94. The number of methoxy groups -OCH3 is 1. The van der Waals surface area contributed by atoms with Gasteiger partial charge in [0, 0.05) is 6.07 Å². The van der Waals surface area contributed by atoms with Gasteiger partial charge in [-0.05, 0) is 74.8 Å². The Morgan fingerprint density at radius 2 is 1.91 bits per heavy atom. The number of nitrogens with one attached hydrogen (secondary N) is 1. The molecule has 2 bridgehead atoms. The molecule has 238 valence electrons. The molecule has 1 aromatic heterocycles. The molecular weight excluding hydrogens is 567 g/mol. The van der Waals surface area contributed by atoms with E-state index in [2.05, 4.69) is 5.32 Å². The fourth-order valence-corrected chi connectivity index (χ4v) is 7.71. The summed E-state index contributed by atoms with van der Waals surface area (Å²) in [6.07, 6.45) is 4.85. The summed E-state index contributed by atoms with van der Waals surface area (Å²) in [5, 5.41) is 2.80. The average molecular weight is 611 g/mol. The number of hydrogen-bond acceptors (Lipinski definition) is 8. The van der Waals surface area contributed by atoms with Gasteiger partial charge >= 0.3 is 6.09 Å². The zero-order valence-corrected chi connectivity index (χ0v) is 26.0. The molecule has 0 radical (unpaired) electrons. The van der Waals surface area contributed by atoms with Crippen molar-refractivity contribution < 1.29 is 33.0 Å². The van der Waals surface area contributed by atoms with Crippen molar-refractivity contribution in [3.05, 3.63) is 23.9 Å². The molecule has 11 heteroatoms. The fraction of sp³-hybridized carbons (Fsp3) is 0.667. The highest BCUT2D eigenvalue weighted by atomic mass is 19.1. The molecule has 1 aromatic carbocycles. The van der Waals surface area contributed by atoms with Gasteiger partial charge in [0.2, 0.25) is 11.8 Å². The number of ketones is 1. The van der Waals surface area contributed by atoms with Crippen LogP contribution in [0.4, 0.5) is 9.18 Å². The lowest BCUT2D eigenvalue weighted by molar-refractivity contribution is -0.140. The second kappa shape index (κ2) is 12.5. The number of halogens is 1. The van der Waals surface area contributed by atoms with E-state index in [1.807, 2.05) is 26.0 Å². The predicted molar refractivity (Wildman–Crippen MR) is 160 cm³/mol. The SMILES string of the molecule is COc1ccc2nc3c(nc2c1)O[C@H]1CN(C(=O)[C@H](C(C)C)NC(=O)O[C@@H]2CC4C[C@@H]4[C@H]2CCCCC3)[C@H](C(C)=O)[C@@H]1CF. The number of aryl methyl sites for hydroxylation is 1. The Hall–Kier alpha value is -3.50. The molecule has 2 aliphatic carbocycles. The van der Waals surface area contributed by atoms with E-state index in [1.165, 1.54) is 18.2 Å². The molecule has 8 atom stereocenters. The van der Waals surface area contributed by atoms with Gasteiger partial charge in [-0.2, -0.15) is 0 Å². The molecule has 0 spiro atoms. The van der Waals surface area contributed by atoms with Crippen LogP contribution >= 0.6 is 0 Å². The average Bonchev–Trinajstić information content (AvgIpc) is 3.53. The van der Waals surface area contributed by atoms with Crippen LogP contribution in [-0.4, -0.2) is 77.3 Å². The van der Waals surface area contributed by atoms with Gasteiger partial charge in [-0.15, -0.1) is 0 Å². The largest absolute Gasteiger partial charge is 0.497 e. The van der Waals surface area contributed by atoms with E-state index >= 15 is 0 Å². The molecule has 1 unspecified atom stereocenters. The number of carbonyl (C=O) groups excluding carboxylic acids is 3. The van der Waals surface area contributed by atoms with Crippen LogP contribution in [0.3, 0.4) is 0 Å². The fourth-order valence-electron chi connectivity index (χ4n) is 7.71. The summed E-state index contributed by atoms with van der Waals surface area (Å²) in [5.74, 6) is 0.434. The number of benzene rings is 1. The van der Waals surface area contributed by atoms with Gasteiger partial charge < -0.3 is 24.4 Å². The van der Waals surface area contributed by atoms with Crippen molar-refractivity contribution in [1.29, 1.82) is 0 Å². The molecule has 10 nitrogen and oxygen atoms in total. The highest BCUT2D eigenvalue weighted by molar-refractivity contribution is 5.92. The minimum Gasteiger partial charge on any atom is -0.497 e. The molecule has 1 saturated heterocycles. The van der Waals surface area contributed by atoms with Gasteiger partial charge in [-0.25, -0.2) is 14.8 Å². The lowest BCUT2D eigenvalue weighted by Gasteiger charge is -2.31. The first-order chi connectivity index (χ1) is 21.2. The van der Waals surface area contributed by atoms with Crippen LogP contribution < -0.4 is 14.8 Å². The highest BCUT2D eigenvalue weighted by Gasteiger charge is 2.55. The Bertz CT molecular complexity index is 1420. The molecule has 4 aliphatic rings. The number of amides is 2. The number of alkyl halides is 1. The summed E-state index contributed by atoms with van der Waals surface area (Å²) in [6.45, 7) is 4.12. The molecule has 3 fully saturated rings. The summed E-state index contributed by atoms with van der Waals surface area (Å²) >= 11 is 0. The number of Topliss-reactive ketones (excluding diaryl/α,β-unsaturated/α-hetero) is 1. The highest BCUT2D eigenvalue weighted by Crippen LogP contribution is 2.57. The van der Waals surface area contributed by atoms with Crippen LogP contribution in [0.15, 0.2) is 18.2 Å². The van der Waals surface area contributed by atoms with E-state index in [9.17, 15) is 18.8 Å². The van der Waals surface area contributed by atoms with Gasteiger partial charge in [0.15, 0.2) is 5.78 Å². The van der Waals surface area contributed by atoms with Crippen molar-refractivity contribution in [2.45, 2.75) is 90.0 Å². The molecule has 2 aliphatic heterocycles. The third-order valence-corrected chi connectivity index (χ3v) is 10.1. The van der Waals surface area contributed by atoms with Crippen LogP contribution in [0.25, 0.3) is 11.0 Å². The van der Waals surface area contributed by atoms with Crippen LogP contribution in [0.5, 0.6) is 11.6 Å². The van der Waals surface area contributed by atoms with E-state index < -0.39 is 42.8 Å². The van der Waals surface area contributed by atoms with Crippen LogP contribution in [0.2, 0.25) is 0 Å². The zero-order valence-electron chi connectivity index (χ0n) is 26.0.